The van der Waals surface area contributed by atoms with Gasteiger partial charge in [0.25, 0.3) is 0 Å². The van der Waals surface area contributed by atoms with E-state index < -0.39 is 0 Å². The minimum atomic E-state index is 0.591. The zero-order chi connectivity index (χ0) is 8.72. The van der Waals surface area contributed by atoms with Gasteiger partial charge in [-0.15, -0.1) is 0 Å². The molecule has 0 spiro atoms. The van der Waals surface area contributed by atoms with Crippen molar-refractivity contribution in [3.8, 4) is 0 Å². The molecule has 0 aliphatic carbocycles. The lowest BCUT2D eigenvalue weighted by atomic mass is 10.4. The Bertz CT molecular complexity index is 433. The summed E-state index contributed by atoms with van der Waals surface area (Å²) in [4.78, 5) is 4.22. The van der Waals surface area contributed by atoms with Crippen molar-refractivity contribution in [1.82, 2.24) is 14.6 Å². The molecule has 12 heavy (non-hydrogen) atoms. The summed E-state index contributed by atoms with van der Waals surface area (Å²) in [6.45, 7) is 3.79. The average Bonchev–Trinajstić information content (AvgIpc) is 2.31. The van der Waals surface area contributed by atoms with E-state index in [0.717, 1.165) is 17.0 Å². The van der Waals surface area contributed by atoms with Crippen LogP contribution in [0.3, 0.4) is 0 Å². The molecule has 0 atom stereocenters. The molecule has 0 radical (unpaired) electrons. The number of nitrogens with zero attached hydrogens (tertiary/aromatic N) is 3. The van der Waals surface area contributed by atoms with E-state index in [1.165, 1.54) is 0 Å². The van der Waals surface area contributed by atoms with E-state index >= 15 is 0 Å². The van der Waals surface area contributed by atoms with E-state index in [1.807, 2.05) is 26.0 Å². The van der Waals surface area contributed by atoms with Gasteiger partial charge in [0.1, 0.15) is 0 Å². The molecule has 2 rings (SSSR count). The Kier molecular flexibility index (Phi) is 1.54. The van der Waals surface area contributed by atoms with Crippen LogP contribution >= 0.6 is 11.6 Å². The second-order valence-corrected chi connectivity index (χ2v) is 3.09. The zero-order valence-electron chi connectivity index (χ0n) is 6.87. The Morgan fingerprint density at radius 3 is 2.83 bits per heavy atom. The van der Waals surface area contributed by atoms with Crippen LogP contribution in [0.5, 0.6) is 0 Å². The molecule has 3 nitrogen and oxygen atoms in total. The van der Waals surface area contributed by atoms with Crippen molar-refractivity contribution >= 4 is 17.2 Å². The lowest BCUT2D eigenvalue weighted by Crippen LogP contribution is -1.93. The van der Waals surface area contributed by atoms with Crippen LogP contribution in [-0.2, 0) is 0 Å². The fourth-order valence-corrected chi connectivity index (χ4v) is 1.27. The van der Waals surface area contributed by atoms with Gasteiger partial charge in [-0.25, -0.2) is 9.50 Å². The zero-order valence-corrected chi connectivity index (χ0v) is 7.63. The number of rotatable bonds is 0. The quantitative estimate of drug-likeness (QED) is 0.622. The maximum Gasteiger partial charge on any atom is 0.155 e. The second-order valence-electron chi connectivity index (χ2n) is 2.73. The number of fused-ring (bicyclic) bond motifs is 1. The summed E-state index contributed by atoms with van der Waals surface area (Å²) in [6, 6.07) is 3.82. The first-order valence-electron chi connectivity index (χ1n) is 3.67. The molecule has 4 heteroatoms. The van der Waals surface area contributed by atoms with E-state index in [0.29, 0.717) is 5.15 Å². The third-order valence-corrected chi connectivity index (χ3v) is 2.15. The molecule has 0 saturated carbocycles. The highest BCUT2D eigenvalue weighted by atomic mass is 35.5. The number of imidazole rings is 1. The van der Waals surface area contributed by atoms with Crippen molar-refractivity contribution in [2.75, 3.05) is 0 Å². The normalized spacial score (nSPS) is 10.9. The minimum Gasteiger partial charge on any atom is -0.231 e. The molecule has 0 amide bonds. The molecule has 0 unspecified atom stereocenters. The predicted molar refractivity (Wildman–Crippen MR) is 47.5 cm³/mol. The molecule has 0 aromatic carbocycles. The number of aryl methyl sites for hydroxylation is 2. The number of aromatic nitrogens is 3. The lowest BCUT2D eigenvalue weighted by molar-refractivity contribution is 0.900. The highest BCUT2D eigenvalue weighted by molar-refractivity contribution is 6.30. The Hall–Kier alpha value is -1.09. The largest absolute Gasteiger partial charge is 0.231 e. The lowest BCUT2D eigenvalue weighted by Gasteiger charge is -1.94. The van der Waals surface area contributed by atoms with Crippen LogP contribution in [0, 0.1) is 13.8 Å². The van der Waals surface area contributed by atoms with Crippen molar-refractivity contribution in [3.63, 3.8) is 0 Å². The van der Waals surface area contributed by atoms with Gasteiger partial charge < -0.3 is 0 Å². The van der Waals surface area contributed by atoms with E-state index in [4.69, 9.17) is 11.6 Å². The third kappa shape index (κ3) is 0.975. The summed E-state index contributed by atoms with van der Waals surface area (Å²) in [6.07, 6.45) is 0. The molecule has 0 saturated heterocycles. The number of hydrogen-bond acceptors (Lipinski definition) is 2. The predicted octanol–water partition coefficient (Wildman–Crippen LogP) is 2.00. The molecule has 0 fully saturated rings. The van der Waals surface area contributed by atoms with Crippen LogP contribution in [0.25, 0.3) is 5.65 Å². The summed E-state index contributed by atoms with van der Waals surface area (Å²) >= 11 is 5.95. The van der Waals surface area contributed by atoms with Gasteiger partial charge in [0, 0.05) is 0 Å². The van der Waals surface area contributed by atoms with E-state index in [-0.39, 0.29) is 0 Å². The van der Waals surface area contributed by atoms with Crippen LogP contribution < -0.4 is 0 Å². The fourth-order valence-electron chi connectivity index (χ4n) is 1.11. The van der Waals surface area contributed by atoms with Gasteiger partial charge in [0.15, 0.2) is 10.8 Å². The Balaban J connectivity index is 2.88. The van der Waals surface area contributed by atoms with Crippen molar-refractivity contribution in [2.24, 2.45) is 0 Å². The highest BCUT2D eigenvalue weighted by Gasteiger charge is 2.05. The van der Waals surface area contributed by atoms with Crippen LogP contribution in [0.15, 0.2) is 12.1 Å². The van der Waals surface area contributed by atoms with Gasteiger partial charge in [-0.1, -0.05) is 11.6 Å². The summed E-state index contributed by atoms with van der Waals surface area (Å²) in [7, 11) is 0. The van der Waals surface area contributed by atoms with Gasteiger partial charge in [-0.05, 0) is 26.0 Å². The van der Waals surface area contributed by atoms with Crippen molar-refractivity contribution in [2.45, 2.75) is 13.8 Å². The fraction of sp³-hybridized carbons (Fsp3) is 0.250. The molecule has 0 aliphatic heterocycles. The summed E-state index contributed by atoms with van der Waals surface area (Å²) in [5, 5.41) is 4.81. The van der Waals surface area contributed by atoms with Crippen molar-refractivity contribution in [1.29, 1.82) is 0 Å². The maximum atomic E-state index is 5.95. The first-order chi connectivity index (χ1) is 5.68. The first kappa shape index (κ1) is 7.55. The molecule has 0 N–H and O–H groups in total. The van der Waals surface area contributed by atoms with Crippen LogP contribution in [0.4, 0.5) is 0 Å². The molecule has 2 heterocycles. The highest BCUT2D eigenvalue weighted by Crippen LogP contribution is 2.15. The van der Waals surface area contributed by atoms with Gasteiger partial charge in [-0.2, -0.15) is 5.10 Å². The SMILES string of the molecule is Cc1ccc2nc(C)c(Cl)n2n1. The summed E-state index contributed by atoms with van der Waals surface area (Å²) in [5.41, 5.74) is 2.54. The van der Waals surface area contributed by atoms with Crippen LogP contribution in [-0.4, -0.2) is 14.6 Å². The van der Waals surface area contributed by atoms with E-state index in [2.05, 4.69) is 10.1 Å². The molecule has 0 aliphatic rings. The average molecular weight is 182 g/mol. The molecule has 2 aromatic heterocycles. The van der Waals surface area contributed by atoms with Gasteiger partial charge in [0.05, 0.1) is 11.4 Å². The Morgan fingerprint density at radius 1 is 1.33 bits per heavy atom. The molecular formula is C8H8ClN3. The summed E-state index contributed by atoms with van der Waals surface area (Å²) < 4.78 is 1.65. The summed E-state index contributed by atoms with van der Waals surface area (Å²) in [5.74, 6) is 0. The Morgan fingerprint density at radius 2 is 2.08 bits per heavy atom. The smallest absolute Gasteiger partial charge is 0.155 e. The van der Waals surface area contributed by atoms with Gasteiger partial charge >= 0.3 is 0 Å². The molecule has 2 aromatic rings. The molecule has 0 bridgehead atoms. The molecule has 62 valence electrons. The topological polar surface area (TPSA) is 30.2 Å². The number of halogens is 1. The number of hydrogen-bond donors (Lipinski definition) is 0. The van der Waals surface area contributed by atoms with E-state index in [9.17, 15) is 0 Å². The van der Waals surface area contributed by atoms with Gasteiger partial charge in [-0.3, -0.25) is 0 Å². The standard InChI is InChI=1S/C8H8ClN3/c1-5-3-4-7-10-6(2)8(9)12(7)11-5/h3-4H,1-2H3. The minimum absolute atomic E-state index is 0.591. The van der Waals surface area contributed by atoms with Crippen molar-refractivity contribution in [3.05, 3.63) is 28.7 Å². The van der Waals surface area contributed by atoms with Crippen molar-refractivity contribution < 1.29 is 0 Å². The maximum absolute atomic E-state index is 5.95. The molecular weight excluding hydrogens is 174 g/mol. The van der Waals surface area contributed by atoms with Crippen LogP contribution in [0.1, 0.15) is 11.4 Å². The Labute approximate surface area is 75.0 Å². The first-order valence-corrected chi connectivity index (χ1v) is 4.05. The van der Waals surface area contributed by atoms with Crippen LogP contribution in [0.2, 0.25) is 5.15 Å². The second kappa shape index (κ2) is 2.45. The van der Waals surface area contributed by atoms with Gasteiger partial charge in [0.2, 0.25) is 0 Å². The van der Waals surface area contributed by atoms with E-state index in [1.54, 1.807) is 4.52 Å². The third-order valence-electron chi connectivity index (χ3n) is 1.72. The monoisotopic (exact) mass is 181 g/mol.